The molecule has 2 aliphatic rings. The number of amides is 1. The second kappa shape index (κ2) is 5.13. The molecular formula is C18H26N2O3. The normalized spacial score (nSPS) is 20.6. The van der Waals surface area contributed by atoms with Crippen molar-refractivity contribution in [1.29, 1.82) is 0 Å². The first-order valence-electron chi connectivity index (χ1n) is 8.17. The lowest BCUT2D eigenvalue weighted by Gasteiger charge is -2.27. The number of ether oxygens (including phenoxy) is 2. The van der Waals surface area contributed by atoms with Crippen LogP contribution in [0, 0.1) is 0 Å². The van der Waals surface area contributed by atoms with E-state index in [1.807, 2.05) is 39.0 Å². The first kappa shape index (κ1) is 16.1. The van der Waals surface area contributed by atoms with Crippen LogP contribution in [0.15, 0.2) is 18.2 Å². The Hall–Kier alpha value is -1.75. The van der Waals surface area contributed by atoms with Crippen LogP contribution in [0.1, 0.15) is 52.0 Å². The van der Waals surface area contributed by atoms with E-state index >= 15 is 0 Å². The number of anilines is 1. The van der Waals surface area contributed by atoms with Crippen molar-refractivity contribution in [2.45, 2.75) is 63.0 Å². The van der Waals surface area contributed by atoms with Gasteiger partial charge in [0.1, 0.15) is 11.4 Å². The molecule has 1 aromatic carbocycles. The van der Waals surface area contributed by atoms with Crippen LogP contribution >= 0.6 is 0 Å². The summed E-state index contributed by atoms with van der Waals surface area (Å²) >= 11 is 0. The topological polar surface area (TPSA) is 73.6 Å². The summed E-state index contributed by atoms with van der Waals surface area (Å²) in [7, 11) is 1.65. The number of nitrogens with one attached hydrogen (secondary N) is 1. The van der Waals surface area contributed by atoms with E-state index in [-0.39, 0.29) is 11.0 Å². The lowest BCUT2D eigenvalue weighted by atomic mass is 9.85. The Bertz CT molecular complexity index is 626. The molecule has 0 unspecified atom stereocenters. The summed E-state index contributed by atoms with van der Waals surface area (Å²) in [6, 6.07) is 5.74. The van der Waals surface area contributed by atoms with Crippen molar-refractivity contribution in [2.75, 3.05) is 12.4 Å². The predicted octanol–water partition coefficient (Wildman–Crippen LogP) is 3.57. The van der Waals surface area contributed by atoms with Gasteiger partial charge in [-0.15, -0.1) is 0 Å². The molecule has 126 valence electrons. The van der Waals surface area contributed by atoms with Crippen molar-refractivity contribution >= 4 is 11.8 Å². The molecule has 0 heterocycles. The summed E-state index contributed by atoms with van der Waals surface area (Å²) in [5.74, 6) is 0.783. The van der Waals surface area contributed by atoms with E-state index in [9.17, 15) is 4.79 Å². The Balaban J connectivity index is 1.90. The maximum absolute atomic E-state index is 12.2. The molecule has 0 saturated heterocycles. The first-order valence-corrected chi connectivity index (χ1v) is 8.17. The first-order chi connectivity index (χ1) is 10.7. The number of hydrogen-bond acceptors (Lipinski definition) is 4. The average Bonchev–Trinajstić information content (AvgIpc) is 3.33. The van der Waals surface area contributed by atoms with Crippen molar-refractivity contribution in [3.8, 4) is 5.75 Å². The van der Waals surface area contributed by atoms with Gasteiger partial charge in [0.2, 0.25) is 0 Å². The summed E-state index contributed by atoms with van der Waals surface area (Å²) in [5, 5.41) is 2.89. The molecule has 0 spiro atoms. The number of benzene rings is 1. The molecule has 2 fully saturated rings. The zero-order chi connectivity index (χ0) is 16.9. The Morgan fingerprint density at radius 2 is 1.87 bits per heavy atom. The van der Waals surface area contributed by atoms with Crippen LogP contribution in [0.2, 0.25) is 0 Å². The van der Waals surface area contributed by atoms with Crippen LogP contribution in [-0.4, -0.2) is 24.3 Å². The van der Waals surface area contributed by atoms with Crippen molar-refractivity contribution in [3.63, 3.8) is 0 Å². The van der Waals surface area contributed by atoms with Crippen LogP contribution in [0.3, 0.4) is 0 Å². The molecule has 5 heteroatoms. The van der Waals surface area contributed by atoms with Gasteiger partial charge in [0, 0.05) is 16.6 Å². The van der Waals surface area contributed by atoms with Crippen molar-refractivity contribution < 1.29 is 14.3 Å². The van der Waals surface area contributed by atoms with Gasteiger partial charge in [0.15, 0.2) is 0 Å². The van der Waals surface area contributed by atoms with E-state index in [0.29, 0.717) is 0 Å². The SMILES string of the molecule is COc1ccc(NC(=O)OC(C)(C)C)c(C2(C3(N)CC3)CC2)c1. The minimum atomic E-state index is -0.528. The van der Waals surface area contributed by atoms with E-state index in [0.717, 1.165) is 42.7 Å². The highest BCUT2D eigenvalue weighted by molar-refractivity contribution is 5.87. The molecule has 1 aromatic rings. The van der Waals surface area contributed by atoms with Gasteiger partial charge < -0.3 is 15.2 Å². The number of hydrogen-bond donors (Lipinski definition) is 2. The lowest BCUT2D eigenvalue weighted by Crippen LogP contribution is -2.38. The number of nitrogens with two attached hydrogens (primary N) is 1. The lowest BCUT2D eigenvalue weighted by molar-refractivity contribution is 0.0635. The quantitative estimate of drug-likeness (QED) is 0.890. The van der Waals surface area contributed by atoms with Crippen molar-refractivity contribution in [1.82, 2.24) is 0 Å². The van der Waals surface area contributed by atoms with Crippen LogP contribution in [0.5, 0.6) is 5.75 Å². The van der Waals surface area contributed by atoms with Gasteiger partial charge in [0.05, 0.1) is 7.11 Å². The molecule has 23 heavy (non-hydrogen) atoms. The summed E-state index contributed by atoms with van der Waals surface area (Å²) in [4.78, 5) is 12.2. The van der Waals surface area contributed by atoms with Gasteiger partial charge in [-0.3, -0.25) is 5.32 Å². The molecule has 0 atom stereocenters. The fourth-order valence-electron chi connectivity index (χ4n) is 3.34. The highest BCUT2D eigenvalue weighted by Crippen LogP contribution is 2.65. The number of rotatable bonds is 4. The minimum absolute atomic E-state index is 0.0358. The largest absolute Gasteiger partial charge is 0.497 e. The average molecular weight is 318 g/mol. The molecule has 0 aliphatic heterocycles. The molecule has 2 saturated carbocycles. The maximum atomic E-state index is 12.2. The molecule has 5 nitrogen and oxygen atoms in total. The molecule has 3 N–H and O–H groups in total. The van der Waals surface area contributed by atoms with Gasteiger partial charge in [-0.05, 0) is 70.2 Å². The Labute approximate surface area is 137 Å². The number of carbonyl (C=O) groups excluding carboxylic acids is 1. The van der Waals surface area contributed by atoms with E-state index < -0.39 is 11.7 Å². The minimum Gasteiger partial charge on any atom is -0.497 e. The zero-order valence-corrected chi connectivity index (χ0v) is 14.4. The Morgan fingerprint density at radius 1 is 1.22 bits per heavy atom. The monoisotopic (exact) mass is 318 g/mol. The van der Waals surface area contributed by atoms with Crippen molar-refractivity contribution in [2.24, 2.45) is 5.73 Å². The fourth-order valence-corrected chi connectivity index (χ4v) is 3.34. The third-order valence-corrected chi connectivity index (χ3v) is 4.87. The second-order valence-electron chi connectivity index (χ2n) is 7.78. The van der Waals surface area contributed by atoms with E-state index in [1.54, 1.807) is 7.11 Å². The molecule has 1 amide bonds. The number of methoxy groups -OCH3 is 1. The molecule has 2 aliphatic carbocycles. The highest BCUT2D eigenvalue weighted by atomic mass is 16.6. The van der Waals surface area contributed by atoms with Crippen LogP contribution in [-0.2, 0) is 10.2 Å². The third-order valence-electron chi connectivity index (χ3n) is 4.87. The van der Waals surface area contributed by atoms with E-state index in [4.69, 9.17) is 15.2 Å². The van der Waals surface area contributed by atoms with Crippen molar-refractivity contribution in [3.05, 3.63) is 23.8 Å². The molecule has 3 rings (SSSR count). The Morgan fingerprint density at radius 3 is 2.35 bits per heavy atom. The van der Waals surface area contributed by atoms with E-state index in [2.05, 4.69) is 5.32 Å². The molecule has 0 aromatic heterocycles. The second-order valence-corrected chi connectivity index (χ2v) is 7.78. The summed E-state index contributed by atoms with van der Waals surface area (Å²) in [6.45, 7) is 5.55. The number of carbonyl (C=O) groups is 1. The predicted molar refractivity (Wildman–Crippen MR) is 89.9 cm³/mol. The summed E-state index contributed by atoms with van der Waals surface area (Å²) in [6.07, 6.45) is 3.74. The smallest absolute Gasteiger partial charge is 0.412 e. The van der Waals surface area contributed by atoms with E-state index in [1.165, 1.54) is 0 Å². The molecular weight excluding hydrogens is 292 g/mol. The summed E-state index contributed by atoms with van der Waals surface area (Å²) in [5.41, 5.74) is 7.67. The standard InChI is InChI=1S/C18H26N2O3/c1-16(2,3)23-15(21)20-14-6-5-12(22-4)11-13(14)17(7-8-17)18(19)9-10-18/h5-6,11H,7-10,19H2,1-4H3,(H,20,21). The summed E-state index contributed by atoms with van der Waals surface area (Å²) < 4.78 is 10.7. The molecule has 0 bridgehead atoms. The van der Waals surface area contributed by atoms with Crippen LogP contribution in [0.25, 0.3) is 0 Å². The highest BCUT2D eigenvalue weighted by Gasteiger charge is 2.64. The van der Waals surface area contributed by atoms with Crippen LogP contribution < -0.4 is 15.8 Å². The van der Waals surface area contributed by atoms with Gasteiger partial charge >= 0.3 is 6.09 Å². The fraction of sp³-hybridized carbons (Fsp3) is 0.611. The van der Waals surface area contributed by atoms with Gasteiger partial charge in [0.25, 0.3) is 0 Å². The third kappa shape index (κ3) is 3.02. The molecule has 0 radical (unpaired) electrons. The van der Waals surface area contributed by atoms with Gasteiger partial charge in [-0.25, -0.2) is 4.79 Å². The Kier molecular flexibility index (Phi) is 3.59. The van der Waals surface area contributed by atoms with Gasteiger partial charge in [-0.2, -0.15) is 0 Å². The zero-order valence-electron chi connectivity index (χ0n) is 14.4. The maximum Gasteiger partial charge on any atom is 0.412 e. The van der Waals surface area contributed by atoms with Crippen LogP contribution in [0.4, 0.5) is 10.5 Å². The van der Waals surface area contributed by atoms with Gasteiger partial charge in [-0.1, -0.05) is 0 Å².